The highest BCUT2D eigenvalue weighted by Gasteiger charge is 2.11. The van der Waals surface area contributed by atoms with Crippen molar-refractivity contribution in [1.29, 1.82) is 5.26 Å². The van der Waals surface area contributed by atoms with Crippen LogP contribution in [0.1, 0.15) is 50.7 Å². The number of nitrogens with zero attached hydrogens (tertiary/aromatic N) is 1. The molecule has 0 aliphatic rings. The summed E-state index contributed by atoms with van der Waals surface area (Å²) in [5, 5.41) is 9.14. The quantitative estimate of drug-likeness (QED) is 0.310. The lowest BCUT2D eigenvalue weighted by Crippen LogP contribution is -2.08. The minimum atomic E-state index is -0.528. The molecular formula is C18H23NO2. The summed E-state index contributed by atoms with van der Waals surface area (Å²) in [7, 11) is 0. The first kappa shape index (κ1) is 17.0. The predicted molar refractivity (Wildman–Crippen MR) is 84.5 cm³/mol. The molecule has 21 heavy (non-hydrogen) atoms. The maximum Gasteiger partial charge on any atom is 0.348 e. The van der Waals surface area contributed by atoms with Gasteiger partial charge < -0.3 is 4.74 Å². The van der Waals surface area contributed by atoms with E-state index in [2.05, 4.69) is 6.92 Å². The summed E-state index contributed by atoms with van der Waals surface area (Å²) >= 11 is 0. The summed E-state index contributed by atoms with van der Waals surface area (Å²) in [5.41, 5.74) is 2.08. The Labute approximate surface area is 127 Å². The molecule has 0 unspecified atom stereocenters. The van der Waals surface area contributed by atoms with E-state index in [0.717, 1.165) is 43.2 Å². The number of hydrogen-bond acceptors (Lipinski definition) is 3. The summed E-state index contributed by atoms with van der Waals surface area (Å²) in [4.78, 5) is 11.9. The average molecular weight is 285 g/mol. The lowest BCUT2D eigenvalue weighted by atomic mass is 10.0. The van der Waals surface area contributed by atoms with Gasteiger partial charge in [0, 0.05) is 0 Å². The van der Waals surface area contributed by atoms with E-state index in [1.165, 1.54) is 0 Å². The molecule has 0 fully saturated rings. The summed E-state index contributed by atoms with van der Waals surface area (Å²) in [6.45, 7) is 4.56. The molecule has 0 radical (unpaired) electrons. The summed E-state index contributed by atoms with van der Waals surface area (Å²) in [5.74, 6) is -0.528. The molecule has 0 heterocycles. The molecule has 0 atom stereocenters. The normalized spacial score (nSPS) is 11.0. The van der Waals surface area contributed by atoms with E-state index in [-0.39, 0.29) is 5.57 Å². The van der Waals surface area contributed by atoms with E-state index < -0.39 is 5.97 Å². The largest absolute Gasteiger partial charge is 0.462 e. The summed E-state index contributed by atoms with van der Waals surface area (Å²) < 4.78 is 5.16. The third kappa shape index (κ3) is 5.83. The van der Waals surface area contributed by atoms with Gasteiger partial charge in [-0.1, -0.05) is 57.4 Å². The highest BCUT2D eigenvalue weighted by Crippen LogP contribution is 2.14. The zero-order valence-electron chi connectivity index (χ0n) is 12.9. The molecule has 0 saturated heterocycles. The number of aryl methyl sites for hydroxylation is 1. The van der Waals surface area contributed by atoms with E-state index in [0.29, 0.717) is 6.61 Å². The van der Waals surface area contributed by atoms with Crippen molar-refractivity contribution in [3.8, 4) is 6.07 Å². The van der Waals surface area contributed by atoms with Crippen molar-refractivity contribution in [1.82, 2.24) is 0 Å². The molecule has 0 aromatic heterocycles. The molecule has 1 aromatic carbocycles. The number of carbonyl (C=O) groups is 1. The Morgan fingerprint density at radius 3 is 2.67 bits per heavy atom. The fourth-order valence-electron chi connectivity index (χ4n) is 2.06. The zero-order valence-corrected chi connectivity index (χ0v) is 12.9. The van der Waals surface area contributed by atoms with Gasteiger partial charge in [-0.25, -0.2) is 4.79 Å². The molecule has 0 saturated carbocycles. The van der Waals surface area contributed by atoms with E-state index in [4.69, 9.17) is 10.00 Å². The van der Waals surface area contributed by atoms with Gasteiger partial charge in [0.25, 0.3) is 0 Å². The molecule has 1 rings (SSSR count). The van der Waals surface area contributed by atoms with E-state index in [1.54, 1.807) is 6.08 Å². The van der Waals surface area contributed by atoms with Gasteiger partial charge in [-0.05, 0) is 30.0 Å². The molecule has 3 nitrogen and oxygen atoms in total. The first-order valence-electron chi connectivity index (χ1n) is 7.59. The second-order valence-corrected chi connectivity index (χ2v) is 4.92. The molecular weight excluding hydrogens is 262 g/mol. The lowest BCUT2D eigenvalue weighted by molar-refractivity contribution is -0.138. The SMILES string of the molecule is CCCCCCOC(=O)/C(C#N)=C/c1ccccc1CC. The molecule has 112 valence electrons. The van der Waals surface area contributed by atoms with Gasteiger partial charge in [0.15, 0.2) is 0 Å². The molecule has 0 spiro atoms. The molecule has 0 amide bonds. The van der Waals surface area contributed by atoms with Crippen LogP contribution in [0.2, 0.25) is 0 Å². The monoisotopic (exact) mass is 285 g/mol. The fraction of sp³-hybridized carbons (Fsp3) is 0.444. The Bertz CT molecular complexity index is 526. The number of ether oxygens (including phenoxy) is 1. The third-order valence-corrected chi connectivity index (χ3v) is 3.31. The fourth-order valence-corrected chi connectivity index (χ4v) is 2.06. The van der Waals surface area contributed by atoms with Crippen LogP contribution in [0.15, 0.2) is 29.8 Å². The molecule has 0 aliphatic heterocycles. The van der Waals surface area contributed by atoms with Gasteiger partial charge in [0.1, 0.15) is 11.6 Å². The third-order valence-electron chi connectivity index (χ3n) is 3.31. The van der Waals surface area contributed by atoms with Gasteiger partial charge in [-0.2, -0.15) is 5.26 Å². The number of esters is 1. The molecule has 1 aromatic rings. The second-order valence-electron chi connectivity index (χ2n) is 4.92. The summed E-state index contributed by atoms with van der Waals surface area (Å²) in [6, 6.07) is 9.70. The first-order valence-corrected chi connectivity index (χ1v) is 7.59. The standard InChI is InChI=1S/C18H23NO2/c1-3-5-6-9-12-21-18(20)17(14-19)13-16-11-8-7-10-15(16)4-2/h7-8,10-11,13H,3-6,9,12H2,1-2H3/b17-13+. The van der Waals surface area contributed by atoms with Crippen molar-refractivity contribution in [2.75, 3.05) is 6.61 Å². The lowest BCUT2D eigenvalue weighted by Gasteiger charge is -2.05. The first-order chi connectivity index (χ1) is 10.2. The number of benzene rings is 1. The minimum Gasteiger partial charge on any atom is -0.462 e. The van der Waals surface area contributed by atoms with Crippen molar-refractivity contribution in [2.45, 2.75) is 46.0 Å². The van der Waals surface area contributed by atoms with Gasteiger partial charge >= 0.3 is 5.97 Å². The minimum absolute atomic E-state index is 0.0615. The van der Waals surface area contributed by atoms with Crippen LogP contribution in [0.5, 0.6) is 0 Å². The van der Waals surface area contributed by atoms with Gasteiger partial charge in [-0.15, -0.1) is 0 Å². The molecule has 3 heteroatoms. The van der Waals surface area contributed by atoms with Gasteiger partial charge in [-0.3, -0.25) is 0 Å². The Hall–Kier alpha value is -2.08. The maximum absolute atomic E-state index is 11.9. The van der Waals surface area contributed by atoms with Crippen LogP contribution in [0.25, 0.3) is 6.08 Å². The van der Waals surface area contributed by atoms with Crippen LogP contribution < -0.4 is 0 Å². The van der Waals surface area contributed by atoms with Crippen LogP contribution in [0, 0.1) is 11.3 Å². The topological polar surface area (TPSA) is 50.1 Å². The number of carbonyl (C=O) groups excluding carboxylic acids is 1. The van der Waals surface area contributed by atoms with Crippen LogP contribution in [-0.2, 0) is 16.0 Å². The molecule has 0 aliphatic carbocycles. The average Bonchev–Trinajstić information content (AvgIpc) is 2.52. The van der Waals surface area contributed by atoms with Crippen molar-refractivity contribution < 1.29 is 9.53 Å². The van der Waals surface area contributed by atoms with Gasteiger partial charge in [0.05, 0.1) is 6.61 Å². The van der Waals surface area contributed by atoms with E-state index in [1.807, 2.05) is 37.3 Å². The summed E-state index contributed by atoms with van der Waals surface area (Å²) in [6.07, 6.45) is 6.66. The van der Waals surface area contributed by atoms with Crippen LogP contribution in [-0.4, -0.2) is 12.6 Å². The van der Waals surface area contributed by atoms with Crippen LogP contribution in [0.3, 0.4) is 0 Å². The van der Waals surface area contributed by atoms with E-state index >= 15 is 0 Å². The number of unbranched alkanes of at least 4 members (excludes halogenated alkanes) is 3. The maximum atomic E-state index is 11.9. The van der Waals surface area contributed by atoms with Crippen molar-refractivity contribution >= 4 is 12.0 Å². The van der Waals surface area contributed by atoms with Gasteiger partial charge in [0.2, 0.25) is 0 Å². The molecule has 0 N–H and O–H groups in total. The van der Waals surface area contributed by atoms with Crippen molar-refractivity contribution in [3.63, 3.8) is 0 Å². The van der Waals surface area contributed by atoms with Crippen LogP contribution in [0.4, 0.5) is 0 Å². The Balaban J connectivity index is 2.67. The Morgan fingerprint density at radius 2 is 2.00 bits per heavy atom. The van der Waals surface area contributed by atoms with E-state index in [9.17, 15) is 4.79 Å². The zero-order chi connectivity index (χ0) is 15.5. The van der Waals surface area contributed by atoms with Crippen molar-refractivity contribution in [3.05, 3.63) is 41.0 Å². The van der Waals surface area contributed by atoms with Crippen LogP contribution >= 0.6 is 0 Å². The highest BCUT2D eigenvalue weighted by atomic mass is 16.5. The number of nitriles is 1. The number of hydrogen-bond donors (Lipinski definition) is 0. The second kappa shape index (κ2) is 9.77. The van der Waals surface area contributed by atoms with Crippen molar-refractivity contribution in [2.24, 2.45) is 0 Å². The Kier molecular flexibility index (Phi) is 7.89. The highest BCUT2D eigenvalue weighted by molar-refractivity contribution is 5.98. The molecule has 0 bridgehead atoms. The Morgan fingerprint density at radius 1 is 1.24 bits per heavy atom. The predicted octanol–water partition coefficient (Wildman–Crippen LogP) is 4.28. The smallest absolute Gasteiger partial charge is 0.348 e. The number of rotatable bonds is 8.